The molecule has 1 aromatic heterocycles. The Labute approximate surface area is 196 Å². The number of carbonyl (C=O) groups excluding carboxylic acids is 2. The standard InChI is InChI=1S/C23H19F5N4O3/c24-22(25)35-18-4-2-1-3-17(18)21(34)31-13-11-30(12-14-31)20(33)15-5-7-16(8-6-15)32-10-9-19(29-32)23(26,27)28/h1-10,22H,11-14H2. The Hall–Kier alpha value is -3.96. The van der Waals surface area contributed by atoms with Crippen LogP contribution in [0.2, 0.25) is 0 Å². The summed E-state index contributed by atoms with van der Waals surface area (Å²) in [7, 11) is 0. The largest absolute Gasteiger partial charge is 0.435 e. The van der Waals surface area contributed by atoms with Crippen molar-refractivity contribution in [2.45, 2.75) is 12.8 Å². The Kier molecular flexibility index (Phi) is 6.72. The first-order valence-electron chi connectivity index (χ1n) is 10.5. The lowest BCUT2D eigenvalue weighted by atomic mass is 10.1. The van der Waals surface area contributed by atoms with Crippen molar-refractivity contribution in [1.29, 1.82) is 0 Å². The summed E-state index contributed by atoms with van der Waals surface area (Å²) >= 11 is 0. The molecule has 0 unspecified atom stereocenters. The number of hydrogen-bond acceptors (Lipinski definition) is 4. The zero-order chi connectivity index (χ0) is 25.2. The Balaban J connectivity index is 1.38. The smallest absolute Gasteiger partial charge is 0.434 e. The molecular formula is C23H19F5N4O3. The number of aromatic nitrogens is 2. The molecule has 0 N–H and O–H groups in total. The number of rotatable bonds is 5. The third kappa shape index (κ3) is 5.42. The van der Waals surface area contributed by atoms with Crippen LogP contribution in [0.25, 0.3) is 5.69 Å². The molecule has 0 spiro atoms. The van der Waals surface area contributed by atoms with Crippen LogP contribution in [0.1, 0.15) is 26.4 Å². The molecule has 0 atom stereocenters. The van der Waals surface area contributed by atoms with Crippen molar-refractivity contribution in [3.05, 3.63) is 77.6 Å². The second kappa shape index (κ2) is 9.72. The van der Waals surface area contributed by atoms with E-state index in [2.05, 4.69) is 9.84 Å². The van der Waals surface area contributed by atoms with E-state index in [0.717, 1.165) is 10.7 Å². The van der Waals surface area contributed by atoms with Gasteiger partial charge in [-0.15, -0.1) is 0 Å². The second-order valence-corrected chi connectivity index (χ2v) is 7.65. The Bertz CT molecular complexity index is 1200. The Morgan fingerprint density at radius 3 is 2.03 bits per heavy atom. The van der Waals surface area contributed by atoms with E-state index in [1.54, 1.807) is 6.07 Å². The number of para-hydroxylation sites is 1. The van der Waals surface area contributed by atoms with Gasteiger partial charge in [0.15, 0.2) is 5.69 Å². The highest BCUT2D eigenvalue weighted by atomic mass is 19.4. The molecule has 2 heterocycles. The van der Waals surface area contributed by atoms with Crippen molar-refractivity contribution in [2.24, 2.45) is 0 Å². The Morgan fingerprint density at radius 1 is 0.857 bits per heavy atom. The van der Waals surface area contributed by atoms with Gasteiger partial charge in [0.2, 0.25) is 0 Å². The Morgan fingerprint density at radius 2 is 1.46 bits per heavy atom. The number of ether oxygens (including phenoxy) is 1. The van der Waals surface area contributed by atoms with E-state index in [9.17, 15) is 31.5 Å². The molecule has 184 valence electrons. The maximum atomic E-state index is 12.9. The molecule has 2 amide bonds. The molecule has 0 bridgehead atoms. The molecule has 7 nitrogen and oxygen atoms in total. The van der Waals surface area contributed by atoms with Gasteiger partial charge in [0.05, 0.1) is 11.3 Å². The van der Waals surface area contributed by atoms with Gasteiger partial charge >= 0.3 is 12.8 Å². The molecule has 1 aliphatic rings. The van der Waals surface area contributed by atoms with Crippen molar-refractivity contribution in [3.63, 3.8) is 0 Å². The van der Waals surface area contributed by atoms with Gasteiger partial charge in [-0.05, 0) is 42.5 Å². The minimum atomic E-state index is -4.55. The molecule has 0 aliphatic carbocycles. The van der Waals surface area contributed by atoms with E-state index < -0.39 is 24.4 Å². The highest BCUT2D eigenvalue weighted by molar-refractivity contribution is 5.97. The fourth-order valence-corrected chi connectivity index (χ4v) is 3.68. The first kappa shape index (κ1) is 24.2. The third-order valence-corrected chi connectivity index (χ3v) is 5.45. The first-order valence-corrected chi connectivity index (χ1v) is 10.5. The van der Waals surface area contributed by atoms with Crippen molar-refractivity contribution in [1.82, 2.24) is 19.6 Å². The number of alkyl halides is 5. The van der Waals surface area contributed by atoms with E-state index in [-0.39, 0.29) is 43.4 Å². The van der Waals surface area contributed by atoms with Crippen molar-refractivity contribution < 1.29 is 36.3 Å². The molecule has 0 saturated carbocycles. The van der Waals surface area contributed by atoms with Crippen molar-refractivity contribution >= 4 is 11.8 Å². The van der Waals surface area contributed by atoms with Crippen molar-refractivity contribution in [3.8, 4) is 11.4 Å². The zero-order valence-corrected chi connectivity index (χ0v) is 18.1. The topological polar surface area (TPSA) is 67.7 Å². The quantitative estimate of drug-likeness (QED) is 0.502. The monoisotopic (exact) mass is 494 g/mol. The molecule has 3 aromatic rings. The highest BCUT2D eigenvalue weighted by Crippen LogP contribution is 2.28. The maximum Gasteiger partial charge on any atom is 0.435 e. The van der Waals surface area contributed by atoms with Crippen LogP contribution in [0.15, 0.2) is 60.8 Å². The number of hydrogen-bond donors (Lipinski definition) is 0. The molecule has 35 heavy (non-hydrogen) atoms. The normalized spacial score (nSPS) is 14.3. The van der Waals surface area contributed by atoms with Gasteiger partial charge in [0.25, 0.3) is 11.8 Å². The third-order valence-electron chi connectivity index (χ3n) is 5.45. The van der Waals surface area contributed by atoms with E-state index in [1.807, 2.05) is 0 Å². The predicted molar refractivity (Wildman–Crippen MR) is 113 cm³/mol. The molecule has 1 saturated heterocycles. The molecule has 2 aromatic carbocycles. The fourth-order valence-electron chi connectivity index (χ4n) is 3.68. The van der Waals surface area contributed by atoms with E-state index in [1.165, 1.54) is 58.5 Å². The molecule has 1 aliphatic heterocycles. The molecule has 0 radical (unpaired) electrons. The van der Waals surface area contributed by atoms with E-state index in [4.69, 9.17) is 0 Å². The predicted octanol–water partition coefficient (Wildman–Crippen LogP) is 4.09. The number of carbonyl (C=O) groups is 2. The summed E-state index contributed by atoms with van der Waals surface area (Å²) in [6.07, 6.45) is -3.37. The SMILES string of the molecule is O=C(c1ccc(-n2ccc(C(F)(F)F)n2)cc1)N1CCN(C(=O)c2ccccc2OC(F)F)CC1. The van der Waals surface area contributed by atoms with Gasteiger partial charge < -0.3 is 14.5 Å². The lowest BCUT2D eigenvalue weighted by Gasteiger charge is -2.35. The van der Waals surface area contributed by atoms with Crippen LogP contribution >= 0.6 is 0 Å². The van der Waals surface area contributed by atoms with Gasteiger partial charge in [-0.1, -0.05) is 12.1 Å². The highest BCUT2D eigenvalue weighted by Gasteiger charge is 2.33. The molecular weight excluding hydrogens is 475 g/mol. The summed E-state index contributed by atoms with van der Waals surface area (Å²) in [5.74, 6) is -0.998. The number of piperazine rings is 1. The average Bonchev–Trinajstić information content (AvgIpc) is 3.35. The molecule has 12 heteroatoms. The van der Waals surface area contributed by atoms with Crippen LogP contribution in [0.3, 0.4) is 0 Å². The van der Waals surface area contributed by atoms with Crippen LogP contribution in [0.4, 0.5) is 22.0 Å². The zero-order valence-electron chi connectivity index (χ0n) is 18.1. The number of nitrogens with zero attached hydrogens (tertiary/aromatic N) is 4. The van der Waals surface area contributed by atoms with Gasteiger partial charge in [-0.2, -0.15) is 27.1 Å². The van der Waals surface area contributed by atoms with Gasteiger partial charge in [0, 0.05) is 37.9 Å². The van der Waals surface area contributed by atoms with Crippen LogP contribution in [0.5, 0.6) is 5.75 Å². The van der Waals surface area contributed by atoms with Gasteiger partial charge in [-0.25, -0.2) is 4.68 Å². The summed E-state index contributed by atoms with van der Waals surface area (Å²) in [5, 5.41) is 3.50. The minimum Gasteiger partial charge on any atom is -0.434 e. The van der Waals surface area contributed by atoms with Crippen LogP contribution in [-0.4, -0.2) is 64.2 Å². The summed E-state index contributed by atoms with van der Waals surface area (Å²) in [6, 6.07) is 12.5. The number of amides is 2. The van der Waals surface area contributed by atoms with Crippen molar-refractivity contribution in [2.75, 3.05) is 26.2 Å². The lowest BCUT2D eigenvalue weighted by molar-refractivity contribution is -0.141. The van der Waals surface area contributed by atoms with Crippen LogP contribution in [-0.2, 0) is 6.18 Å². The first-order chi connectivity index (χ1) is 16.6. The number of benzene rings is 2. The fraction of sp³-hybridized carbons (Fsp3) is 0.261. The minimum absolute atomic E-state index is 0.00969. The second-order valence-electron chi connectivity index (χ2n) is 7.65. The summed E-state index contributed by atoms with van der Waals surface area (Å²) in [6.45, 7) is -2.24. The van der Waals surface area contributed by atoms with Gasteiger partial charge in [0.1, 0.15) is 5.75 Å². The van der Waals surface area contributed by atoms with Crippen LogP contribution in [0, 0.1) is 0 Å². The summed E-state index contributed by atoms with van der Waals surface area (Å²) in [4.78, 5) is 28.6. The summed E-state index contributed by atoms with van der Waals surface area (Å²) < 4.78 is 69.0. The van der Waals surface area contributed by atoms with Gasteiger partial charge in [-0.3, -0.25) is 9.59 Å². The number of halogens is 5. The summed E-state index contributed by atoms with van der Waals surface area (Å²) in [5.41, 5.74) is -0.325. The lowest BCUT2D eigenvalue weighted by Crippen LogP contribution is -2.50. The van der Waals surface area contributed by atoms with Crippen LogP contribution < -0.4 is 4.74 Å². The maximum absolute atomic E-state index is 12.9. The molecule has 1 fully saturated rings. The van der Waals surface area contributed by atoms with E-state index >= 15 is 0 Å². The van der Waals surface area contributed by atoms with E-state index in [0.29, 0.717) is 11.3 Å². The average molecular weight is 494 g/mol. The molecule has 4 rings (SSSR count).